The number of nitrogens with zero attached hydrogens (tertiary/aromatic N) is 2. The molecule has 0 atom stereocenters. The van der Waals surface area contributed by atoms with Gasteiger partial charge in [0.15, 0.2) is 5.69 Å². The van der Waals surface area contributed by atoms with Gasteiger partial charge in [-0.1, -0.05) is 6.07 Å². The number of halogens is 1. The van der Waals surface area contributed by atoms with Gasteiger partial charge in [0.1, 0.15) is 5.82 Å². The summed E-state index contributed by atoms with van der Waals surface area (Å²) in [5.41, 5.74) is 5.02. The van der Waals surface area contributed by atoms with Crippen LogP contribution in [0.25, 0.3) is 5.69 Å². The normalized spacial score (nSPS) is 12.9. The fourth-order valence-corrected chi connectivity index (χ4v) is 3.82. The molecule has 2 N–H and O–H groups in total. The maximum Gasteiger partial charge on any atom is 0.276 e. The van der Waals surface area contributed by atoms with E-state index in [-0.39, 0.29) is 17.6 Å². The zero-order chi connectivity index (χ0) is 21.3. The van der Waals surface area contributed by atoms with Gasteiger partial charge in [0.05, 0.1) is 17.1 Å². The van der Waals surface area contributed by atoms with Crippen molar-refractivity contribution in [2.24, 2.45) is 0 Å². The van der Waals surface area contributed by atoms with E-state index in [0.717, 1.165) is 48.2 Å². The van der Waals surface area contributed by atoms with Crippen LogP contribution in [0.3, 0.4) is 0 Å². The molecule has 7 heteroatoms. The average Bonchev–Trinajstić information content (AvgIpc) is 3.10. The van der Waals surface area contributed by atoms with Gasteiger partial charge in [-0.05, 0) is 74.6 Å². The van der Waals surface area contributed by atoms with E-state index in [1.54, 1.807) is 22.9 Å². The minimum atomic E-state index is -0.328. The van der Waals surface area contributed by atoms with Crippen LogP contribution in [-0.2, 0) is 17.6 Å². The second-order valence-corrected chi connectivity index (χ2v) is 7.55. The molecule has 1 aliphatic rings. The monoisotopic (exact) mass is 406 g/mol. The minimum absolute atomic E-state index is 0.215. The smallest absolute Gasteiger partial charge is 0.276 e. The first kappa shape index (κ1) is 19.8. The lowest BCUT2D eigenvalue weighted by Gasteiger charge is -2.15. The number of hydrogen-bond acceptors (Lipinski definition) is 3. The Kier molecular flexibility index (Phi) is 5.35. The maximum atomic E-state index is 13.4. The Morgan fingerprint density at radius 2 is 1.73 bits per heavy atom. The van der Waals surface area contributed by atoms with E-state index >= 15 is 0 Å². The summed E-state index contributed by atoms with van der Waals surface area (Å²) in [6.07, 6.45) is 3.59. The zero-order valence-corrected chi connectivity index (χ0v) is 17.0. The first-order chi connectivity index (χ1) is 14.4. The van der Waals surface area contributed by atoms with Gasteiger partial charge in [-0.3, -0.25) is 9.59 Å². The number of rotatable bonds is 4. The number of amides is 2. The molecule has 0 spiro atoms. The van der Waals surface area contributed by atoms with E-state index in [1.165, 1.54) is 19.1 Å². The van der Waals surface area contributed by atoms with Crippen molar-refractivity contribution in [1.82, 2.24) is 9.78 Å². The Balaban J connectivity index is 1.71. The summed E-state index contributed by atoms with van der Waals surface area (Å²) in [7, 11) is 0. The van der Waals surface area contributed by atoms with Gasteiger partial charge in [-0.15, -0.1) is 0 Å². The van der Waals surface area contributed by atoms with Crippen LogP contribution in [0.5, 0.6) is 0 Å². The molecule has 2 amide bonds. The Bertz CT molecular complexity index is 1120. The molecule has 154 valence electrons. The van der Waals surface area contributed by atoms with Crippen molar-refractivity contribution < 1.29 is 14.0 Å². The molecule has 6 nitrogen and oxygen atoms in total. The number of carbonyl (C=O) groups excluding carboxylic acids is 2. The van der Waals surface area contributed by atoms with Crippen LogP contribution in [0.4, 0.5) is 15.8 Å². The highest BCUT2D eigenvalue weighted by Crippen LogP contribution is 2.29. The number of hydrogen-bond donors (Lipinski definition) is 2. The summed E-state index contributed by atoms with van der Waals surface area (Å²) in [5, 5.41) is 10.2. The van der Waals surface area contributed by atoms with Crippen molar-refractivity contribution in [3.8, 4) is 5.69 Å². The fraction of sp³-hybridized carbons (Fsp3) is 0.261. The topological polar surface area (TPSA) is 76.0 Å². The standard InChI is InChI=1S/C23H23FN4O2/c1-14-7-12-19(25-15(2)29)20(13-14)26-23(30)22-18-5-3-4-6-21(18)28(27-22)17-10-8-16(24)9-11-17/h7-13H,3-6H2,1-2H3,(H,25,29)(H,26,30). The van der Waals surface area contributed by atoms with Crippen LogP contribution in [0.15, 0.2) is 42.5 Å². The Hall–Kier alpha value is -3.48. The Morgan fingerprint density at radius 3 is 2.47 bits per heavy atom. The van der Waals surface area contributed by atoms with Crippen molar-refractivity contribution in [2.75, 3.05) is 10.6 Å². The number of carbonyl (C=O) groups is 2. The van der Waals surface area contributed by atoms with Crippen molar-refractivity contribution in [1.29, 1.82) is 0 Å². The minimum Gasteiger partial charge on any atom is -0.325 e. The summed E-state index contributed by atoms with van der Waals surface area (Å²) >= 11 is 0. The molecule has 0 saturated heterocycles. The fourth-order valence-electron chi connectivity index (χ4n) is 3.82. The van der Waals surface area contributed by atoms with E-state index in [4.69, 9.17) is 0 Å². The van der Waals surface area contributed by atoms with E-state index in [0.29, 0.717) is 17.1 Å². The third kappa shape index (κ3) is 3.96. The molecule has 0 saturated carbocycles. The summed E-state index contributed by atoms with van der Waals surface area (Å²) in [5.74, 6) is -0.860. The van der Waals surface area contributed by atoms with Gasteiger partial charge in [-0.2, -0.15) is 5.10 Å². The predicted octanol–water partition coefficient (Wildman–Crippen LogP) is 4.41. The molecule has 1 heterocycles. The molecule has 1 aromatic heterocycles. The summed E-state index contributed by atoms with van der Waals surface area (Å²) < 4.78 is 15.1. The van der Waals surface area contributed by atoms with Crippen molar-refractivity contribution in [2.45, 2.75) is 39.5 Å². The van der Waals surface area contributed by atoms with Crippen LogP contribution in [-0.4, -0.2) is 21.6 Å². The molecule has 3 aromatic rings. The number of fused-ring (bicyclic) bond motifs is 1. The molecular weight excluding hydrogens is 383 g/mol. The van der Waals surface area contributed by atoms with Crippen molar-refractivity contribution in [3.63, 3.8) is 0 Å². The zero-order valence-electron chi connectivity index (χ0n) is 17.0. The molecule has 0 aliphatic heterocycles. The SMILES string of the molecule is CC(=O)Nc1ccc(C)cc1NC(=O)c1nn(-c2ccc(F)cc2)c2c1CCCC2. The van der Waals surface area contributed by atoms with Crippen LogP contribution in [0.2, 0.25) is 0 Å². The lowest BCUT2D eigenvalue weighted by atomic mass is 9.95. The largest absolute Gasteiger partial charge is 0.325 e. The van der Waals surface area contributed by atoms with Gasteiger partial charge >= 0.3 is 0 Å². The van der Waals surface area contributed by atoms with E-state index in [1.807, 2.05) is 19.1 Å². The van der Waals surface area contributed by atoms with Gasteiger partial charge in [0.25, 0.3) is 5.91 Å². The van der Waals surface area contributed by atoms with Crippen LogP contribution >= 0.6 is 0 Å². The third-order valence-corrected chi connectivity index (χ3v) is 5.20. The molecule has 4 rings (SSSR count). The first-order valence-electron chi connectivity index (χ1n) is 9.98. The first-order valence-corrected chi connectivity index (χ1v) is 9.98. The van der Waals surface area contributed by atoms with Crippen LogP contribution in [0.1, 0.15) is 47.1 Å². The van der Waals surface area contributed by atoms with Gasteiger partial charge < -0.3 is 10.6 Å². The van der Waals surface area contributed by atoms with E-state index < -0.39 is 0 Å². The molecule has 30 heavy (non-hydrogen) atoms. The highest BCUT2D eigenvalue weighted by molar-refractivity contribution is 6.07. The maximum absolute atomic E-state index is 13.4. The second-order valence-electron chi connectivity index (χ2n) is 7.55. The molecule has 0 radical (unpaired) electrons. The predicted molar refractivity (Wildman–Crippen MR) is 114 cm³/mol. The van der Waals surface area contributed by atoms with Crippen molar-refractivity contribution >= 4 is 23.2 Å². The van der Waals surface area contributed by atoms with Crippen molar-refractivity contribution in [3.05, 3.63) is 70.8 Å². The average molecular weight is 406 g/mol. The molecular formula is C23H23FN4O2. The summed E-state index contributed by atoms with van der Waals surface area (Å²) in [4.78, 5) is 24.7. The Labute approximate surface area is 174 Å². The number of aryl methyl sites for hydroxylation is 1. The molecule has 1 aliphatic carbocycles. The van der Waals surface area contributed by atoms with E-state index in [9.17, 15) is 14.0 Å². The van der Waals surface area contributed by atoms with Crippen LogP contribution < -0.4 is 10.6 Å². The quantitative estimate of drug-likeness (QED) is 0.674. The van der Waals surface area contributed by atoms with Gasteiger partial charge in [0.2, 0.25) is 5.91 Å². The highest BCUT2D eigenvalue weighted by atomic mass is 19.1. The number of benzene rings is 2. The summed E-state index contributed by atoms with van der Waals surface area (Å²) in [6, 6.07) is 11.5. The number of anilines is 2. The lowest BCUT2D eigenvalue weighted by molar-refractivity contribution is -0.114. The summed E-state index contributed by atoms with van der Waals surface area (Å²) in [6.45, 7) is 3.34. The molecule has 0 bridgehead atoms. The Morgan fingerprint density at radius 1 is 1.00 bits per heavy atom. The molecule has 0 unspecified atom stereocenters. The number of aromatic nitrogens is 2. The third-order valence-electron chi connectivity index (χ3n) is 5.20. The molecule has 0 fully saturated rings. The van der Waals surface area contributed by atoms with Gasteiger partial charge in [0, 0.05) is 18.2 Å². The van der Waals surface area contributed by atoms with Crippen LogP contribution in [0, 0.1) is 12.7 Å². The highest BCUT2D eigenvalue weighted by Gasteiger charge is 2.26. The van der Waals surface area contributed by atoms with Gasteiger partial charge in [-0.25, -0.2) is 9.07 Å². The second kappa shape index (κ2) is 8.10. The van der Waals surface area contributed by atoms with E-state index in [2.05, 4.69) is 15.7 Å². The number of nitrogens with one attached hydrogen (secondary N) is 2. The molecule has 2 aromatic carbocycles. The lowest BCUT2D eigenvalue weighted by Crippen LogP contribution is -2.17.